The van der Waals surface area contributed by atoms with Gasteiger partial charge in [0.2, 0.25) is 5.78 Å². The van der Waals surface area contributed by atoms with Gasteiger partial charge in [-0.2, -0.15) is 0 Å². The minimum absolute atomic E-state index is 0.210. The van der Waals surface area contributed by atoms with Crippen LogP contribution in [0.4, 0.5) is 0 Å². The van der Waals surface area contributed by atoms with Gasteiger partial charge in [0, 0.05) is 18.5 Å². The van der Waals surface area contributed by atoms with Crippen molar-refractivity contribution in [1.29, 1.82) is 0 Å². The third-order valence-electron chi connectivity index (χ3n) is 4.09. The number of carbonyl (C=O) groups is 2. The van der Waals surface area contributed by atoms with Gasteiger partial charge in [0.25, 0.3) is 0 Å². The molecular weight excluding hydrogens is 354 g/mol. The highest BCUT2D eigenvalue weighted by Gasteiger charge is 2.27. The average Bonchev–Trinajstić information content (AvgIpc) is 3.04. The first-order chi connectivity index (χ1) is 13.7. The van der Waals surface area contributed by atoms with Crippen LogP contribution in [0.2, 0.25) is 0 Å². The molecule has 0 saturated heterocycles. The van der Waals surface area contributed by atoms with E-state index >= 15 is 0 Å². The van der Waals surface area contributed by atoms with Gasteiger partial charge in [0.15, 0.2) is 5.76 Å². The summed E-state index contributed by atoms with van der Waals surface area (Å²) in [5.74, 6) is 0.136. The van der Waals surface area contributed by atoms with E-state index in [1.54, 1.807) is 42.6 Å². The molecular formula is C23H15NO4. The molecule has 2 aromatic carbocycles. The first kappa shape index (κ1) is 17.4. The van der Waals surface area contributed by atoms with E-state index in [-0.39, 0.29) is 11.5 Å². The number of allylic oxidation sites excluding steroid dienone is 3. The molecule has 0 spiro atoms. The minimum atomic E-state index is -0.529. The third kappa shape index (κ3) is 3.73. The molecule has 0 bridgehead atoms. The van der Waals surface area contributed by atoms with Crippen molar-refractivity contribution in [2.45, 2.75) is 0 Å². The molecule has 5 heteroatoms. The number of esters is 1. The zero-order valence-electron chi connectivity index (χ0n) is 14.7. The van der Waals surface area contributed by atoms with E-state index in [1.165, 1.54) is 12.3 Å². The third-order valence-corrected chi connectivity index (χ3v) is 4.09. The fourth-order valence-corrected chi connectivity index (χ4v) is 2.71. The molecule has 2 heterocycles. The van der Waals surface area contributed by atoms with Crippen LogP contribution in [0.3, 0.4) is 0 Å². The summed E-state index contributed by atoms with van der Waals surface area (Å²) in [6, 6.07) is 17.7. The smallest absolute Gasteiger partial charge is 0.345 e. The number of ether oxygens (including phenoxy) is 2. The fourth-order valence-electron chi connectivity index (χ4n) is 2.71. The standard InChI is InChI=1S/C23H15NO4/c25-22-19-12-11-18(27-23(26)17-9-5-13-24-15-17)14-21(19)28-20(22)10-4-8-16-6-2-1-3-7-16/h1-15H/b8-4+,20-10-. The molecule has 4 rings (SSSR count). The van der Waals surface area contributed by atoms with Crippen molar-refractivity contribution in [1.82, 2.24) is 4.98 Å². The second kappa shape index (κ2) is 7.72. The Morgan fingerprint density at radius 3 is 2.68 bits per heavy atom. The fraction of sp³-hybridized carbons (Fsp3) is 0. The predicted octanol–water partition coefficient (Wildman–Crippen LogP) is 4.47. The predicted molar refractivity (Wildman–Crippen MR) is 104 cm³/mol. The van der Waals surface area contributed by atoms with Crippen molar-refractivity contribution in [3.05, 3.63) is 108 Å². The number of hydrogen-bond donors (Lipinski definition) is 0. The van der Waals surface area contributed by atoms with Crippen molar-refractivity contribution in [3.8, 4) is 11.5 Å². The maximum absolute atomic E-state index is 12.5. The number of nitrogens with zero attached hydrogens (tertiary/aromatic N) is 1. The topological polar surface area (TPSA) is 65.5 Å². The highest BCUT2D eigenvalue weighted by atomic mass is 16.5. The number of rotatable bonds is 4. The summed E-state index contributed by atoms with van der Waals surface area (Å²) in [6.45, 7) is 0. The Balaban J connectivity index is 1.49. The molecule has 0 radical (unpaired) electrons. The molecule has 0 saturated carbocycles. The molecule has 136 valence electrons. The van der Waals surface area contributed by atoms with Gasteiger partial charge in [-0.25, -0.2) is 4.79 Å². The quantitative estimate of drug-likeness (QED) is 0.386. The molecule has 1 aliphatic heterocycles. The van der Waals surface area contributed by atoms with E-state index in [9.17, 15) is 9.59 Å². The summed E-state index contributed by atoms with van der Waals surface area (Å²) in [6.07, 6.45) is 8.27. The lowest BCUT2D eigenvalue weighted by molar-refractivity contribution is 0.0734. The van der Waals surface area contributed by atoms with Crippen LogP contribution in [0.15, 0.2) is 91.0 Å². The molecule has 1 aromatic heterocycles. The van der Waals surface area contributed by atoms with Crippen molar-refractivity contribution in [3.63, 3.8) is 0 Å². The van der Waals surface area contributed by atoms with Gasteiger partial charge < -0.3 is 9.47 Å². The minimum Gasteiger partial charge on any atom is -0.452 e. The van der Waals surface area contributed by atoms with Crippen LogP contribution in [0.5, 0.6) is 11.5 Å². The molecule has 5 nitrogen and oxygen atoms in total. The van der Waals surface area contributed by atoms with Crippen LogP contribution in [-0.4, -0.2) is 16.7 Å². The molecule has 28 heavy (non-hydrogen) atoms. The van der Waals surface area contributed by atoms with Crippen LogP contribution < -0.4 is 9.47 Å². The molecule has 3 aromatic rings. The van der Waals surface area contributed by atoms with Crippen molar-refractivity contribution >= 4 is 17.8 Å². The highest BCUT2D eigenvalue weighted by molar-refractivity contribution is 6.12. The molecule has 0 N–H and O–H groups in total. The van der Waals surface area contributed by atoms with E-state index in [4.69, 9.17) is 9.47 Å². The zero-order valence-corrected chi connectivity index (χ0v) is 14.7. The monoisotopic (exact) mass is 369 g/mol. The first-order valence-corrected chi connectivity index (χ1v) is 8.63. The summed E-state index contributed by atoms with van der Waals surface area (Å²) in [5.41, 5.74) is 1.79. The van der Waals surface area contributed by atoms with Crippen molar-refractivity contribution in [2.24, 2.45) is 0 Å². The van der Waals surface area contributed by atoms with Crippen LogP contribution in [0, 0.1) is 0 Å². The largest absolute Gasteiger partial charge is 0.452 e. The highest BCUT2D eigenvalue weighted by Crippen LogP contribution is 2.34. The molecule has 1 aliphatic rings. The van der Waals surface area contributed by atoms with Gasteiger partial charge in [-0.05, 0) is 35.9 Å². The van der Waals surface area contributed by atoms with Gasteiger partial charge in [-0.1, -0.05) is 42.5 Å². The van der Waals surface area contributed by atoms with Gasteiger partial charge in [-0.15, -0.1) is 0 Å². The van der Waals surface area contributed by atoms with Gasteiger partial charge in [0.05, 0.1) is 11.1 Å². The number of benzene rings is 2. The zero-order chi connectivity index (χ0) is 19.3. The van der Waals surface area contributed by atoms with Gasteiger partial charge in [0.1, 0.15) is 11.5 Å². The Hall–Kier alpha value is -3.99. The maximum atomic E-state index is 12.5. The van der Waals surface area contributed by atoms with E-state index in [1.807, 2.05) is 36.4 Å². The number of Topliss-reactive ketones (excluding diaryl/α,β-unsaturated/α-hetero) is 1. The number of pyridine rings is 1. The van der Waals surface area contributed by atoms with Crippen molar-refractivity contribution in [2.75, 3.05) is 0 Å². The van der Waals surface area contributed by atoms with Crippen LogP contribution in [0.25, 0.3) is 6.08 Å². The van der Waals surface area contributed by atoms with Crippen LogP contribution >= 0.6 is 0 Å². The van der Waals surface area contributed by atoms with E-state index < -0.39 is 5.97 Å². The Morgan fingerprint density at radius 2 is 1.89 bits per heavy atom. The molecule has 0 fully saturated rings. The van der Waals surface area contributed by atoms with Gasteiger partial charge >= 0.3 is 5.97 Å². The summed E-state index contributed by atoms with van der Waals surface area (Å²) in [7, 11) is 0. The summed E-state index contributed by atoms with van der Waals surface area (Å²) >= 11 is 0. The van der Waals surface area contributed by atoms with Crippen molar-refractivity contribution < 1.29 is 19.1 Å². The lowest BCUT2D eigenvalue weighted by Crippen LogP contribution is -2.08. The van der Waals surface area contributed by atoms with E-state index in [0.29, 0.717) is 22.6 Å². The number of hydrogen-bond acceptors (Lipinski definition) is 5. The molecule has 0 amide bonds. The first-order valence-electron chi connectivity index (χ1n) is 8.63. The summed E-state index contributed by atoms with van der Waals surface area (Å²) < 4.78 is 11.0. The van der Waals surface area contributed by atoms with E-state index in [2.05, 4.69) is 4.98 Å². The second-order valence-electron chi connectivity index (χ2n) is 6.02. The number of aromatic nitrogens is 1. The maximum Gasteiger partial charge on any atom is 0.345 e. The van der Waals surface area contributed by atoms with Gasteiger partial charge in [-0.3, -0.25) is 9.78 Å². The SMILES string of the molecule is O=C(Oc1ccc2c(c1)O/C(=C\C=C\c1ccccc1)C2=O)c1cccnc1. The lowest BCUT2D eigenvalue weighted by atomic mass is 10.1. The molecule has 0 aliphatic carbocycles. The lowest BCUT2D eigenvalue weighted by Gasteiger charge is -2.05. The number of fused-ring (bicyclic) bond motifs is 1. The average molecular weight is 369 g/mol. The Morgan fingerprint density at radius 1 is 1.04 bits per heavy atom. The summed E-state index contributed by atoms with van der Waals surface area (Å²) in [4.78, 5) is 28.5. The second-order valence-corrected chi connectivity index (χ2v) is 6.02. The summed E-state index contributed by atoms with van der Waals surface area (Å²) in [5, 5.41) is 0. The van der Waals surface area contributed by atoms with E-state index in [0.717, 1.165) is 5.56 Å². The molecule has 0 atom stereocenters. The Bertz CT molecular complexity index is 1090. The number of ketones is 1. The Labute approximate surface area is 161 Å². The van der Waals surface area contributed by atoms with Crippen LogP contribution in [0.1, 0.15) is 26.3 Å². The Kier molecular flexibility index (Phi) is 4.80. The molecule has 0 unspecified atom stereocenters. The number of carbonyl (C=O) groups excluding carboxylic acids is 2. The van der Waals surface area contributed by atoms with Crippen LogP contribution in [-0.2, 0) is 0 Å². The normalized spacial score (nSPS) is 14.1.